The van der Waals surface area contributed by atoms with Crippen LogP contribution >= 0.6 is 0 Å². The van der Waals surface area contributed by atoms with Crippen LogP contribution in [0.2, 0.25) is 0 Å². The molecule has 0 aliphatic heterocycles. The number of nitrogen functional groups attached to an aromatic ring is 1. The van der Waals surface area contributed by atoms with Crippen LogP contribution in [-0.4, -0.2) is 9.97 Å². The van der Waals surface area contributed by atoms with Crippen molar-refractivity contribution in [1.29, 1.82) is 0 Å². The summed E-state index contributed by atoms with van der Waals surface area (Å²) in [5.74, 6) is -0.766. The van der Waals surface area contributed by atoms with E-state index in [0.29, 0.717) is 0 Å². The number of nitrogens with two attached hydrogens (primary N) is 1. The van der Waals surface area contributed by atoms with Crippen LogP contribution in [0.4, 0.5) is 10.3 Å². The van der Waals surface area contributed by atoms with Crippen molar-refractivity contribution >= 4 is 5.95 Å². The third-order valence-corrected chi connectivity index (χ3v) is 2.29. The van der Waals surface area contributed by atoms with Crippen LogP contribution in [0.15, 0.2) is 36.5 Å². The van der Waals surface area contributed by atoms with Gasteiger partial charge in [0.15, 0.2) is 0 Å². The van der Waals surface area contributed by atoms with Crippen molar-refractivity contribution in [3.05, 3.63) is 47.9 Å². The molecule has 1 aromatic heterocycles. The van der Waals surface area contributed by atoms with Gasteiger partial charge in [-0.3, -0.25) is 0 Å². The number of anilines is 1. The van der Waals surface area contributed by atoms with Crippen molar-refractivity contribution in [3.63, 3.8) is 0 Å². The predicted molar refractivity (Wildman–Crippen MR) is 61.9 cm³/mol. The summed E-state index contributed by atoms with van der Waals surface area (Å²) in [7, 11) is 0. The number of nitrogens with zero attached hydrogens (tertiary/aromatic N) is 2. The van der Waals surface area contributed by atoms with Gasteiger partial charge < -0.3 is 10.5 Å². The fourth-order valence-corrected chi connectivity index (χ4v) is 1.41. The fourth-order valence-electron chi connectivity index (χ4n) is 1.41. The fraction of sp³-hybridized carbons (Fsp3) is 0.167. The Labute approximate surface area is 98.3 Å². The Kier molecular flexibility index (Phi) is 3.18. The molecule has 17 heavy (non-hydrogen) atoms. The highest BCUT2D eigenvalue weighted by molar-refractivity contribution is 5.24. The number of rotatable bonds is 3. The second-order valence-corrected chi connectivity index (χ2v) is 3.55. The second-order valence-electron chi connectivity index (χ2n) is 3.55. The molecule has 1 aromatic carbocycles. The van der Waals surface area contributed by atoms with Crippen molar-refractivity contribution in [2.45, 2.75) is 13.0 Å². The predicted octanol–water partition coefficient (Wildman–Crippen LogP) is 2.34. The highest BCUT2D eigenvalue weighted by Gasteiger charge is 2.12. The van der Waals surface area contributed by atoms with Crippen LogP contribution in [0.3, 0.4) is 0 Å². The van der Waals surface area contributed by atoms with Gasteiger partial charge in [-0.2, -0.15) is 9.37 Å². The first-order chi connectivity index (χ1) is 8.16. The molecular formula is C12H12FN3O. The summed E-state index contributed by atoms with van der Waals surface area (Å²) in [6.07, 6.45) is 0.690. The Hall–Kier alpha value is -2.17. The van der Waals surface area contributed by atoms with E-state index in [2.05, 4.69) is 9.97 Å². The van der Waals surface area contributed by atoms with Crippen LogP contribution in [0, 0.1) is 5.82 Å². The molecule has 0 fully saturated rings. The summed E-state index contributed by atoms with van der Waals surface area (Å²) in [6, 6.07) is 9.47. The van der Waals surface area contributed by atoms with Crippen LogP contribution in [0.5, 0.6) is 5.88 Å². The Morgan fingerprint density at radius 3 is 2.71 bits per heavy atom. The van der Waals surface area contributed by atoms with E-state index in [9.17, 15) is 4.39 Å². The van der Waals surface area contributed by atoms with Gasteiger partial charge >= 0.3 is 0 Å². The lowest BCUT2D eigenvalue weighted by Crippen LogP contribution is -2.07. The average molecular weight is 233 g/mol. The topological polar surface area (TPSA) is 61.0 Å². The first kappa shape index (κ1) is 11.3. The van der Waals surface area contributed by atoms with Crippen molar-refractivity contribution < 1.29 is 9.13 Å². The highest BCUT2D eigenvalue weighted by atomic mass is 19.1. The Morgan fingerprint density at radius 2 is 2.00 bits per heavy atom. The molecule has 4 nitrogen and oxygen atoms in total. The number of ether oxygens (including phenoxy) is 1. The smallest absolute Gasteiger partial charge is 0.255 e. The molecule has 2 rings (SSSR count). The quantitative estimate of drug-likeness (QED) is 0.883. The lowest BCUT2D eigenvalue weighted by atomic mass is 10.1. The first-order valence-corrected chi connectivity index (χ1v) is 5.16. The van der Waals surface area contributed by atoms with Crippen molar-refractivity contribution in [1.82, 2.24) is 9.97 Å². The maximum Gasteiger partial charge on any atom is 0.255 e. The molecule has 0 saturated carbocycles. The highest BCUT2D eigenvalue weighted by Crippen LogP contribution is 2.22. The third-order valence-electron chi connectivity index (χ3n) is 2.29. The lowest BCUT2D eigenvalue weighted by Gasteiger charge is -2.14. The molecule has 5 heteroatoms. The molecule has 1 heterocycles. The monoisotopic (exact) mass is 233 g/mol. The molecule has 1 unspecified atom stereocenters. The van der Waals surface area contributed by atoms with E-state index < -0.39 is 5.82 Å². The summed E-state index contributed by atoms with van der Waals surface area (Å²) >= 11 is 0. The molecule has 0 aliphatic rings. The normalized spacial score (nSPS) is 12.1. The van der Waals surface area contributed by atoms with E-state index in [0.717, 1.165) is 11.8 Å². The zero-order chi connectivity index (χ0) is 12.3. The molecule has 88 valence electrons. The van der Waals surface area contributed by atoms with Crippen molar-refractivity contribution in [3.8, 4) is 5.88 Å². The summed E-state index contributed by atoms with van der Waals surface area (Å²) < 4.78 is 18.7. The van der Waals surface area contributed by atoms with Gasteiger partial charge in [-0.15, -0.1) is 0 Å². The van der Waals surface area contributed by atoms with E-state index in [1.165, 1.54) is 0 Å². The molecule has 0 spiro atoms. The number of halogens is 1. The third kappa shape index (κ3) is 2.69. The number of hydrogen-bond donors (Lipinski definition) is 1. The van der Waals surface area contributed by atoms with E-state index in [1.54, 1.807) is 0 Å². The van der Waals surface area contributed by atoms with Crippen LogP contribution in [0.25, 0.3) is 0 Å². The summed E-state index contributed by atoms with van der Waals surface area (Å²) in [4.78, 5) is 7.24. The molecule has 0 aliphatic carbocycles. The van der Waals surface area contributed by atoms with Gasteiger partial charge in [0.2, 0.25) is 11.8 Å². The first-order valence-electron chi connectivity index (χ1n) is 5.16. The molecule has 1 atom stereocenters. The van der Waals surface area contributed by atoms with Gasteiger partial charge in [0.05, 0.1) is 6.20 Å². The standard InChI is InChI=1S/C12H12FN3O/c1-8(9-5-3-2-4-6-9)17-11-10(13)7-15-12(14)16-11/h2-8H,1H3,(H2,14,15,16). The summed E-state index contributed by atoms with van der Waals surface area (Å²) in [5, 5.41) is 0. The van der Waals surface area contributed by atoms with Gasteiger partial charge in [-0.1, -0.05) is 30.3 Å². The van der Waals surface area contributed by atoms with Gasteiger partial charge in [0.25, 0.3) is 5.88 Å². The number of benzene rings is 1. The summed E-state index contributed by atoms with van der Waals surface area (Å²) in [5.41, 5.74) is 6.31. The maximum atomic E-state index is 13.3. The molecule has 0 bridgehead atoms. The molecule has 0 radical (unpaired) electrons. The summed E-state index contributed by atoms with van der Waals surface area (Å²) in [6.45, 7) is 1.81. The van der Waals surface area contributed by atoms with E-state index in [1.807, 2.05) is 37.3 Å². The molecule has 0 saturated heterocycles. The van der Waals surface area contributed by atoms with Crippen molar-refractivity contribution in [2.24, 2.45) is 0 Å². The van der Waals surface area contributed by atoms with Gasteiger partial charge in [0.1, 0.15) is 6.10 Å². The van der Waals surface area contributed by atoms with Crippen molar-refractivity contribution in [2.75, 3.05) is 5.73 Å². The minimum Gasteiger partial charge on any atom is -0.468 e. The largest absolute Gasteiger partial charge is 0.468 e. The zero-order valence-corrected chi connectivity index (χ0v) is 9.30. The lowest BCUT2D eigenvalue weighted by molar-refractivity contribution is 0.206. The minimum absolute atomic E-state index is 0.0124. The second kappa shape index (κ2) is 4.78. The molecule has 2 aromatic rings. The van der Waals surface area contributed by atoms with Gasteiger partial charge in [-0.25, -0.2) is 4.98 Å². The number of aromatic nitrogens is 2. The van der Waals surface area contributed by atoms with E-state index >= 15 is 0 Å². The van der Waals surface area contributed by atoms with Gasteiger partial charge in [0, 0.05) is 0 Å². The SMILES string of the molecule is CC(Oc1nc(N)ncc1F)c1ccccc1. The van der Waals surface area contributed by atoms with Crippen LogP contribution in [-0.2, 0) is 0 Å². The minimum atomic E-state index is -0.623. The molecule has 2 N–H and O–H groups in total. The Balaban J connectivity index is 2.18. The number of hydrogen-bond acceptors (Lipinski definition) is 4. The van der Waals surface area contributed by atoms with E-state index in [4.69, 9.17) is 10.5 Å². The molecule has 0 amide bonds. The van der Waals surface area contributed by atoms with E-state index in [-0.39, 0.29) is 17.9 Å². The maximum absolute atomic E-state index is 13.3. The van der Waals surface area contributed by atoms with Crippen LogP contribution < -0.4 is 10.5 Å². The molecular weight excluding hydrogens is 221 g/mol. The van der Waals surface area contributed by atoms with Gasteiger partial charge in [-0.05, 0) is 12.5 Å². The average Bonchev–Trinajstić information content (AvgIpc) is 2.35. The Bertz CT molecular complexity index is 504. The Morgan fingerprint density at radius 1 is 1.29 bits per heavy atom. The van der Waals surface area contributed by atoms with Crippen LogP contribution in [0.1, 0.15) is 18.6 Å². The zero-order valence-electron chi connectivity index (χ0n) is 9.30.